The number of nitrogens with zero attached hydrogens (tertiary/aromatic N) is 1. The molecule has 0 amide bonds. The summed E-state index contributed by atoms with van der Waals surface area (Å²) in [6.45, 7) is 14.1. The van der Waals surface area contributed by atoms with E-state index in [9.17, 15) is 0 Å². The summed E-state index contributed by atoms with van der Waals surface area (Å²) in [7, 11) is 0. The molecule has 5 unspecified atom stereocenters. The van der Waals surface area contributed by atoms with Crippen molar-refractivity contribution in [2.45, 2.75) is 67.2 Å². The van der Waals surface area contributed by atoms with Crippen LogP contribution in [0.4, 0.5) is 11.4 Å². The Labute approximate surface area is 295 Å². The number of anilines is 2. The van der Waals surface area contributed by atoms with E-state index in [1.807, 2.05) is 0 Å². The molecule has 0 aromatic heterocycles. The molecule has 0 radical (unpaired) electrons. The van der Waals surface area contributed by atoms with E-state index in [-0.39, 0.29) is 17.3 Å². The third-order valence-corrected chi connectivity index (χ3v) is 11.3. The monoisotopic (exact) mass is 643 g/mol. The fourth-order valence-electron chi connectivity index (χ4n) is 8.75. The van der Waals surface area contributed by atoms with Gasteiger partial charge in [0.15, 0.2) is 0 Å². The van der Waals surface area contributed by atoms with Gasteiger partial charge in [-0.25, -0.2) is 0 Å². The molecule has 7 rings (SSSR count). The molecule has 0 fully saturated rings. The van der Waals surface area contributed by atoms with Crippen molar-refractivity contribution in [3.05, 3.63) is 166 Å². The molecule has 4 aliphatic rings. The Hall–Kier alpha value is -4.36. The van der Waals surface area contributed by atoms with Crippen molar-refractivity contribution in [1.29, 1.82) is 0 Å². The molecule has 250 valence electrons. The molecule has 0 aliphatic heterocycles. The van der Waals surface area contributed by atoms with Crippen LogP contribution < -0.4 is 15.3 Å². The van der Waals surface area contributed by atoms with Crippen molar-refractivity contribution in [2.75, 3.05) is 4.90 Å². The van der Waals surface area contributed by atoms with Crippen LogP contribution in [-0.2, 0) is 0 Å². The molecular formula is C48H53N. The fourth-order valence-corrected chi connectivity index (χ4v) is 8.75. The highest BCUT2D eigenvalue weighted by atomic mass is 15.2. The van der Waals surface area contributed by atoms with Gasteiger partial charge in [-0.05, 0) is 109 Å². The van der Waals surface area contributed by atoms with E-state index in [0.717, 1.165) is 12.8 Å². The zero-order chi connectivity index (χ0) is 34.1. The van der Waals surface area contributed by atoms with Crippen molar-refractivity contribution in [3.8, 4) is 0 Å². The van der Waals surface area contributed by atoms with Crippen molar-refractivity contribution in [3.63, 3.8) is 0 Å². The van der Waals surface area contributed by atoms with Gasteiger partial charge in [0.1, 0.15) is 0 Å². The van der Waals surface area contributed by atoms with E-state index in [0.29, 0.717) is 17.8 Å². The number of hydrogen-bond donors (Lipinski definition) is 0. The minimum absolute atomic E-state index is 0.0504. The standard InChI is InChI=1S/C48H53N/c1-33-17-15-21-37(29-33)44(31-36-19-9-7-10-20-36)35(3)46-41-25-13-14-26-43(41)47(45-32-38(48(4,5)6)27-28-42(45)46)49(39-22-11-8-12-23-39)40-24-16-18-34(2)30-40/h7-14,16,18-19,21-30,32,35-36,42,44-45H,15,17,20,31H2,1-6H3. The molecule has 49 heavy (non-hydrogen) atoms. The van der Waals surface area contributed by atoms with Crippen molar-refractivity contribution in [2.24, 2.45) is 35.0 Å². The average molecular weight is 644 g/mol. The number of aryl methyl sites for hydroxylation is 1. The largest absolute Gasteiger partial charge is 0.313 e. The number of allylic oxidation sites excluding steroid dienone is 11. The smallest absolute Gasteiger partial charge is 0.0461 e. The van der Waals surface area contributed by atoms with E-state index in [1.54, 1.807) is 11.1 Å². The van der Waals surface area contributed by atoms with Crippen LogP contribution in [0.1, 0.15) is 65.9 Å². The van der Waals surface area contributed by atoms with Gasteiger partial charge >= 0.3 is 0 Å². The molecular weight excluding hydrogens is 591 g/mol. The Kier molecular flexibility index (Phi) is 9.38. The lowest BCUT2D eigenvalue weighted by atomic mass is 9.64. The van der Waals surface area contributed by atoms with E-state index in [2.05, 4.69) is 180 Å². The third kappa shape index (κ3) is 6.78. The maximum Gasteiger partial charge on any atom is 0.0461 e. The maximum atomic E-state index is 2.63. The van der Waals surface area contributed by atoms with Gasteiger partial charge in [0.05, 0.1) is 0 Å². The molecule has 0 bridgehead atoms. The van der Waals surface area contributed by atoms with Crippen LogP contribution in [0.15, 0.2) is 150 Å². The second kappa shape index (κ2) is 13.9. The predicted octanol–water partition coefficient (Wildman–Crippen LogP) is 11.3. The first-order chi connectivity index (χ1) is 23.7. The van der Waals surface area contributed by atoms with Gasteiger partial charge in [0, 0.05) is 34.1 Å². The Balaban J connectivity index is 1.50. The second-order valence-electron chi connectivity index (χ2n) is 15.9. The van der Waals surface area contributed by atoms with Gasteiger partial charge in [0.2, 0.25) is 0 Å². The molecule has 0 spiro atoms. The van der Waals surface area contributed by atoms with Crippen molar-refractivity contribution < 1.29 is 0 Å². The van der Waals surface area contributed by atoms with Crippen LogP contribution in [0.2, 0.25) is 0 Å². The Morgan fingerprint density at radius 3 is 2.29 bits per heavy atom. The van der Waals surface area contributed by atoms with Crippen LogP contribution in [0.5, 0.6) is 0 Å². The summed E-state index contributed by atoms with van der Waals surface area (Å²) in [5.74, 6) is 1.85. The van der Waals surface area contributed by atoms with E-state index < -0.39 is 0 Å². The van der Waals surface area contributed by atoms with Crippen molar-refractivity contribution >= 4 is 22.6 Å². The Morgan fingerprint density at radius 1 is 0.816 bits per heavy atom. The third-order valence-electron chi connectivity index (χ3n) is 11.3. The number of hydrogen-bond acceptors (Lipinski definition) is 1. The van der Waals surface area contributed by atoms with E-state index in [1.165, 1.54) is 57.1 Å². The molecule has 0 N–H and O–H groups in total. The highest BCUT2D eigenvalue weighted by Crippen LogP contribution is 2.49. The summed E-state index contributed by atoms with van der Waals surface area (Å²) in [6, 6.07) is 29.4. The highest BCUT2D eigenvalue weighted by Gasteiger charge is 2.40. The van der Waals surface area contributed by atoms with E-state index in [4.69, 9.17) is 0 Å². The molecule has 1 nitrogen and oxygen atoms in total. The summed E-state index contributed by atoms with van der Waals surface area (Å²) in [5, 5.41) is 2.78. The molecule has 0 heterocycles. The zero-order valence-electron chi connectivity index (χ0n) is 30.4. The van der Waals surface area contributed by atoms with Crippen LogP contribution in [0.3, 0.4) is 0 Å². The Morgan fingerprint density at radius 2 is 1.57 bits per heavy atom. The molecule has 3 aromatic rings. The SMILES string of the molecule is CC1=CC(C(CC2C=CC=CC2)C(C)C2=c3ccccc3=C(N(c3ccccc3)c3cccc(C)c3)C3C=C(C(C)(C)C)C=CC23)=CCC1. The van der Waals surface area contributed by atoms with Gasteiger partial charge in [-0.15, -0.1) is 0 Å². The first kappa shape index (κ1) is 33.2. The molecule has 4 aliphatic carbocycles. The minimum Gasteiger partial charge on any atom is -0.313 e. The van der Waals surface area contributed by atoms with E-state index >= 15 is 0 Å². The minimum atomic E-state index is 0.0504. The first-order valence-electron chi connectivity index (χ1n) is 18.6. The normalized spacial score (nSPS) is 22.8. The van der Waals surface area contributed by atoms with Gasteiger partial charge in [-0.1, -0.05) is 148 Å². The van der Waals surface area contributed by atoms with Gasteiger partial charge in [0.25, 0.3) is 0 Å². The lowest BCUT2D eigenvalue weighted by Gasteiger charge is -2.43. The topological polar surface area (TPSA) is 3.24 Å². The number of rotatable bonds is 8. The molecule has 0 saturated carbocycles. The summed E-state index contributed by atoms with van der Waals surface area (Å²) in [6.07, 6.45) is 26.6. The number of benzene rings is 3. The zero-order valence-corrected chi connectivity index (χ0v) is 30.4. The number of para-hydroxylation sites is 1. The van der Waals surface area contributed by atoms with Gasteiger partial charge in [-0.3, -0.25) is 0 Å². The highest BCUT2D eigenvalue weighted by molar-refractivity contribution is 5.85. The van der Waals surface area contributed by atoms with Crippen LogP contribution in [0, 0.1) is 41.9 Å². The summed E-state index contributed by atoms with van der Waals surface area (Å²) >= 11 is 0. The van der Waals surface area contributed by atoms with Gasteiger partial charge in [-0.2, -0.15) is 0 Å². The first-order valence-corrected chi connectivity index (χ1v) is 18.6. The van der Waals surface area contributed by atoms with Crippen LogP contribution in [0.25, 0.3) is 11.3 Å². The average Bonchev–Trinajstić information content (AvgIpc) is 3.10. The Bertz CT molecular complexity index is 2000. The van der Waals surface area contributed by atoms with Crippen LogP contribution >= 0.6 is 0 Å². The molecule has 1 heteroatoms. The van der Waals surface area contributed by atoms with Crippen molar-refractivity contribution in [1.82, 2.24) is 0 Å². The second-order valence-corrected chi connectivity index (χ2v) is 15.9. The molecule has 5 atom stereocenters. The summed E-state index contributed by atoms with van der Waals surface area (Å²) in [5.41, 5.74) is 11.2. The number of fused-ring (bicyclic) bond motifs is 2. The quantitative estimate of drug-likeness (QED) is 0.236. The fraction of sp³-hybridized carbons (Fsp3) is 0.333. The molecule has 0 saturated heterocycles. The molecule has 3 aromatic carbocycles. The predicted molar refractivity (Wildman–Crippen MR) is 211 cm³/mol. The van der Waals surface area contributed by atoms with Crippen LogP contribution in [-0.4, -0.2) is 0 Å². The lowest BCUT2D eigenvalue weighted by molar-refractivity contribution is 0.389. The summed E-state index contributed by atoms with van der Waals surface area (Å²) < 4.78 is 0. The maximum absolute atomic E-state index is 2.63. The van der Waals surface area contributed by atoms with Gasteiger partial charge < -0.3 is 4.90 Å². The summed E-state index contributed by atoms with van der Waals surface area (Å²) in [4.78, 5) is 2.56. The lowest BCUT2D eigenvalue weighted by Crippen LogP contribution is -2.46.